The van der Waals surface area contributed by atoms with Gasteiger partial charge in [-0.1, -0.05) is 41.0 Å². The Bertz CT molecular complexity index is 800. The van der Waals surface area contributed by atoms with Crippen LogP contribution < -0.4 is 5.32 Å². The number of aromatic nitrogens is 2. The lowest BCUT2D eigenvalue weighted by atomic mass is 10.4. The van der Waals surface area contributed by atoms with Gasteiger partial charge in [-0.2, -0.15) is 0 Å². The van der Waals surface area contributed by atoms with Crippen molar-refractivity contribution in [2.24, 2.45) is 0 Å². The van der Waals surface area contributed by atoms with Crippen LogP contribution >= 0.6 is 46.7 Å². The van der Waals surface area contributed by atoms with Crippen LogP contribution in [0.2, 0.25) is 10.0 Å². The number of rotatable bonds is 5. The van der Waals surface area contributed by atoms with E-state index in [4.69, 9.17) is 23.2 Å². The van der Waals surface area contributed by atoms with E-state index >= 15 is 0 Å². The Morgan fingerprint density at radius 1 is 1.13 bits per heavy atom. The predicted molar refractivity (Wildman–Crippen MR) is 101 cm³/mol. The maximum absolute atomic E-state index is 6.26. The van der Waals surface area contributed by atoms with Crippen LogP contribution in [-0.2, 0) is 0 Å². The first-order valence-corrected chi connectivity index (χ1v) is 9.53. The fourth-order valence-electron chi connectivity index (χ4n) is 1.95. The molecule has 0 radical (unpaired) electrons. The summed E-state index contributed by atoms with van der Waals surface area (Å²) in [7, 11) is 0. The molecule has 0 saturated heterocycles. The second kappa shape index (κ2) is 7.53. The zero-order valence-electron chi connectivity index (χ0n) is 12.1. The molecular formula is C16H13Cl2N3S2. The summed E-state index contributed by atoms with van der Waals surface area (Å²) < 4.78 is 0. The molecule has 3 aromatic rings. The van der Waals surface area contributed by atoms with Gasteiger partial charge in [-0.15, -0.1) is 11.8 Å². The lowest BCUT2D eigenvalue weighted by molar-refractivity contribution is 1.21. The molecule has 3 rings (SSSR count). The van der Waals surface area contributed by atoms with Crippen LogP contribution in [0, 0.1) is 0 Å². The van der Waals surface area contributed by atoms with Crippen molar-refractivity contribution in [3.63, 3.8) is 0 Å². The smallest absolute Gasteiger partial charge is 0.145 e. The quantitative estimate of drug-likeness (QED) is 0.506. The van der Waals surface area contributed by atoms with Gasteiger partial charge in [0.25, 0.3) is 0 Å². The second-order valence-corrected chi connectivity index (χ2v) is 7.33. The molecule has 0 bridgehead atoms. The molecule has 7 heteroatoms. The van der Waals surface area contributed by atoms with E-state index in [1.807, 2.05) is 48.9 Å². The van der Waals surface area contributed by atoms with Crippen LogP contribution in [0.4, 0.5) is 11.6 Å². The molecule has 0 fully saturated rings. The number of anilines is 2. The van der Waals surface area contributed by atoms with E-state index in [0.717, 1.165) is 26.3 Å². The molecular weight excluding hydrogens is 369 g/mol. The molecule has 0 saturated carbocycles. The highest BCUT2D eigenvalue weighted by Gasteiger charge is 2.12. The third-order valence-electron chi connectivity index (χ3n) is 3.05. The van der Waals surface area contributed by atoms with Gasteiger partial charge in [0.2, 0.25) is 0 Å². The largest absolute Gasteiger partial charge is 0.347 e. The minimum absolute atomic E-state index is 0.627. The average molecular weight is 382 g/mol. The summed E-state index contributed by atoms with van der Waals surface area (Å²) in [5.74, 6) is 1.64. The van der Waals surface area contributed by atoms with E-state index < -0.39 is 0 Å². The second-order valence-electron chi connectivity index (χ2n) is 4.58. The number of benzene rings is 1. The van der Waals surface area contributed by atoms with Gasteiger partial charge in [0.05, 0.1) is 14.9 Å². The molecule has 23 heavy (non-hydrogen) atoms. The van der Waals surface area contributed by atoms with Crippen molar-refractivity contribution in [3.8, 4) is 0 Å². The van der Waals surface area contributed by atoms with E-state index in [9.17, 15) is 0 Å². The van der Waals surface area contributed by atoms with Crippen molar-refractivity contribution in [1.82, 2.24) is 9.97 Å². The highest BCUT2D eigenvalue weighted by molar-refractivity contribution is 7.99. The summed E-state index contributed by atoms with van der Waals surface area (Å²) in [6.45, 7) is 0. The monoisotopic (exact) mass is 381 g/mol. The number of aromatic amines is 1. The number of nitrogens with zero attached hydrogens (tertiary/aromatic N) is 1. The first-order chi connectivity index (χ1) is 11.2. The van der Waals surface area contributed by atoms with Crippen molar-refractivity contribution in [1.29, 1.82) is 0 Å². The maximum Gasteiger partial charge on any atom is 0.145 e. The molecule has 0 atom stereocenters. The number of H-pyrrole nitrogens is 1. The van der Waals surface area contributed by atoms with Crippen molar-refractivity contribution < 1.29 is 0 Å². The lowest BCUT2D eigenvalue weighted by Crippen LogP contribution is -1.95. The first kappa shape index (κ1) is 16.6. The van der Waals surface area contributed by atoms with Gasteiger partial charge in [0.1, 0.15) is 11.6 Å². The molecule has 2 heterocycles. The molecule has 118 valence electrons. The van der Waals surface area contributed by atoms with Crippen LogP contribution in [0.3, 0.4) is 0 Å². The fourth-order valence-corrected chi connectivity index (χ4v) is 3.89. The summed E-state index contributed by atoms with van der Waals surface area (Å²) in [4.78, 5) is 10.5. The van der Waals surface area contributed by atoms with E-state index in [2.05, 4.69) is 15.3 Å². The van der Waals surface area contributed by atoms with Crippen LogP contribution in [0.15, 0.2) is 63.5 Å². The summed E-state index contributed by atoms with van der Waals surface area (Å²) in [5, 5.41) is 4.55. The Balaban J connectivity index is 1.88. The SMILES string of the molecule is CSc1c[nH]c(Nc2ncccc2Sc2c(Cl)cccc2Cl)c1. The molecule has 0 aliphatic rings. The summed E-state index contributed by atoms with van der Waals surface area (Å²) in [6.07, 6.45) is 5.74. The van der Waals surface area contributed by atoms with Gasteiger partial charge in [-0.3, -0.25) is 0 Å². The van der Waals surface area contributed by atoms with E-state index in [-0.39, 0.29) is 0 Å². The molecule has 0 aliphatic carbocycles. The Hall–Kier alpha value is -1.27. The summed E-state index contributed by atoms with van der Waals surface area (Å²) >= 11 is 15.7. The number of hydrogen-bond donors (Lipinski definition) is 2. The molecule has 0 amide bonds. The third kappa shape index (κ3) is 3.98. The third-order valence-corrected chi connectivity index (χ3v) is 5.80. The minimum atomic E-state index is 0.627. The van der Waals surface area contributed by atoms with Gasteiger partial charge in [-0.05, 0) is 36.6 Å². The minimum Gasteiger partial charge on any atom is -0.347 e. The van der Waals surface area contributed by atoms with E-state index in [1.165, 1.54) is 11.8 Å². The highest BCUT2D eigenvalue weighted by atomic mass is 35.5. The van der Waals surface area contributed by atoms with Crippen molar-refractivity contribution >= 4 is 58.4 Å². The zero-order valence-corrected chi connectivity index (χ0v) is 15.3. The maximum atomic E-state index is 6.26. The van der Waals surface area contributed by atoms with Crippen molar-refractivity contribution in [3.05, 3.63) is 58.8 Å². The Kier molecular flexibility index (Phi) is 5.43. The van der Waals surface area contributed by atoms with E-state index in [0.29, 0.717) is 10.0 Å². The first-order valence-electron chi connectivity index (χ1n) is 6.73. The van der Waals surface area contributed by atoms with E-state index in [1.54, 1.807) is 18.0 Å². The van der Waals surface area contributed by atoms with Crippen LogP contribution in [-0.4, -0.2) is 16.2 Å². The molecule has 3 nitrogen and oxygen atoms in total. The van der Waals surface area contributed by atoms with Crippen molar-refractivity contribution in [2.75, 3.05) is 11.6 Å². The topological polar surface area (TPSA) is 40.7 Å². The number of pyridine rings is 1. The molecule has 2 aromatic heterocycles. The van der Waals surface area contributed by atoms with Gasteiger partial charge in [0.15, 0.2) is 0 Å². The Labute approximate surface area is 153 Å². The molecule has 2 N–H and O–H groups in total. The number of halogens is 2. The average Bonchev–Trinajstić information content (AvgIpc) is 3.00. The zero-order chi connectivity index (χ0) is 16.2. The number of thioether (sulfide) groups is 1. The lowest BCUT2D eigenvalue weighted by Gasteiger charge is -2.11. The normalized spacial score (nSPS) is 10.7. The predicted octanol–water partition coefficient (Wildman–Crippen LogP) is 6.33. The number of nitrogens with one attached hydrogen (secondary N) is 2. The standard InChI is InChI=1S/C16H13Cl2N3S2/c1-22-10-8-14(20-9-10)21-16-13(6-3-7-19-16)23-15-11(17)4-2-5-12(15)18/h2-9,20H,1H3,(H,19,21). The molecule has 1 aromatic carbocycles. The van der Waals surface area contributed by atoms with Gasteiger partial charge in [0, 0.05) is 22.2 Å². The van der Waals surface area contributed by atoms with Crippen LogP contribution in [0.5, 0.6) is 0 Å². The van der Waals surface area contributed by atoms with Crippen LogP contribution in [0.1, 0.15) is 0 Å². The Morgan fingerprint density at radius 2 is 1.91 bits per heavy atom. The van der Waals surface area contributed by atoms with Gasteiger partial charge < -0.3 is 10.3 Å². The van der Waals surface area contributed by atoms with Gasteiger partial charge in [-0.25, -0.2) is 4.98 Å². The fraction of sp³-hybridized carbons (Fsp3) is 0.0625. The summed E-state index contributed by atoms with van der Waals surface area (Å²) in [6, 6.07) is 11.4. The summed E-state index contributed by atoms with van der Waals surface area (Å²) in [5.41, 5.74) is 0. The molecule has 0 unspecified atom stereocenters. The van der Waals surface area contributed by atoms with Crippen molar-refractivity contribution in [2.45, 2.75) is 14.7 Å². The van der Waals surface area contributed by atoms with Crippen LogP contribution in [0.25, 0.3) is 0 Å². The molecule has 0 aliphatic heterocycles. The Morgan fingerprint density at radius 3 is 2.61 bits per heavy atom. The molecule has 0 spiro atoms. The number of hydrogen-bond acceptors (Lipinski definition) is 4. The van der Waals surface area contributed by atoms with Gasteiger partial charge >= 0.3 is 0 Å². The highest BCUT2D eigenvalue weighted by Crippen LogP contribution is 2.41.